The number of nitrogens with one attached hydrogen (secondary N) is 2. The second-order valence-electron chi connectivity index (χ2n) is 6.26. The Morgan fingerprint density at radius 1 is 0.931 bits per heavy atom. The van der Waals surface area contributed by atoms with Crippen molar-refractivity contribution in [2.24, 2.45) is 0 Å². The molecule has 2 amide bonds. The molecule has 0 radical (unpaired) electrons. The highest BCUT2D eigenvalue weighted by atomic mass is 35.5. The van der Waals surface area contributed by atoms with Crippen molar-refractivity contribution in [1.29, 1.82) is 0 Å². The zero-order valence-electron chi connectivity index (χ0n) is 15.5. The average Bonchev–Trinajstić information content (AvgIpc) is 2.70. The Labute approximate surface area is 178 Å². The minimum atomic E-state index is -0.337. The highest BCUT2D eigenvalue weighted by Crippen LogP contribution is 2.27. The van der Waals surface area contributed by atoms with E-state index < -0.39 is 0 Å². The maximum absolute atomic E-state index is 12.3. The molecule has 0 unspecified atom stereocenters. The maximum Gasteiger partial charge on any atom is 0.262 e. The number of rotatable bonds is 6. The SMILES string of the molecule is Cc1cc(NC(=O)COc2ccc(Cl)cc2Cl)ccc1NC(=O)c1ccccc1. The lowest BCUT2D eigenvalue weighted by molar-refractivity contribution is -0.118. The molecular formula is C22H18Cl2N2O3. The number of carbonyl (C=O) groups is 2. The third-order valence-corrected chi connectivity index (χ3v) is 4.58. The van der Waals surface area contributed by atoms with Gasteiger partial charge in [-0.15, -0.1) is 0 Å². The van der Waals surface area contributed by atoms with Crippen molar-refractivity contribution in [2.75, 3.05) is 17.2 Å². The quantitative estimate of drug-likeness (QED) is 0.538. The van der Waals surface area contributed by atoms with Gasteiger partial charge in [0.1, 0.15) is 5.75 Å². The van der Waals surface area contributed by atoms with Crippen LogP contribution in [0.1, 0.15) is 15.9 Å². The molecule has 0 aliphatic heterocycles. The van der Waals surface area contributed by atoms with Crippen LogP contribution in [0, 0.1) is 6.92 Å². The smallest absolute Gasteiger partial charge is 0.262 e. The van der Waals surface area contributed by atoms with E-state index in [4.69, 9.17) is 27.9 Å². The van der Waals surface area contributed by atoms with Crippen molar-refractivity contribution in [3.8, 4) is 5.75 Å². The van der Waals surface area contributed by atoms with Gasteiger partial charge in [-0.05, 0) is 61.0 Å². The summed E-state index contributed by atoms with van der Waals surface area (Å²) in [6, 6.07) is 18.9. The van der Waals surface area contributed by atoms with Crippen LogP contribution in [0.3, 0.4) is 0 Å². The van der Waals surface area contributed by atoms with Gasteiger partial charge in [0.2, 0.25) is 0 Å². The largest absolute Gasteiger partial charge is 0.482 e. The molecule has 0 aliphatic rings. The number of carbonyl (C=O) groups excluding carboxylic acids is 2. The lowest BCUT2D eigenvalue weighted by Gasteiger charge is -2.12. The van der Waals surface area contributed by atoms with Crippen LogP contribution in [0.15, 0.2) is 66.7 Å². The molecule has 3 rings (SSSR count). The number of hydrogen-bond donors (Lipinski definition) is 2. The summed E-state index contributed by atoms with van der Waals surface area (Å²) < 4.78 is 5.42. The molecule has 3 aromatic carbocycles. The minimum Gasteiger partial charge on any atom is -0.482 e. The van der Waals surface area contributed by atoms with Crippen molar-refractivity contribution in [3.05, 3.63) is 87.9 Å². The Morgan fingerprint density at radius 2 is 1.69 bits per heavy atom. The normalized spacial score (nSPS) is 10.3. The van der Waals surface area contributed by atoms with Gasteiger partial charge in [0.15, 0.2) is 6.61 Å². The first kappa shape index (κ1) is 20.7. The molecule has 0 fully saturated rings. The van der Waals surface area contributed by atoms with Gasteiger partial charge in [0.05, 0.1) is 5.02 Å². The molecule has 0 spiro atoms. The highest BCUT2D eigenvalue weighted by molar-refractivity contribution is 6.35. The Balaban J connectivity index is 1.58. The number of ether oxygens (including phenoxy) is 1. The molecular weight excluding hydrogens is 411 g/mol. The summed E-state index contributed by atoms with van der Waals surface area (Å²) in [5.74, 6) is -0.156. The number of hydrogen-bond acceptors (Lipinski definition) is 3. The van der Waals surface area contributed by atoms with Crippen LogP contribution in [0.4, 0.5) is 11.4 Å². The van der Waals surface area contributed by atoms with Crippen molar-refractivity contribution in [3.63, 3.8) is 0 Å². The summed E-state index contributed by atoms with van der Waals surface area (Å²) in [6.45, 7) is 1.65. The van der Waals surface area contributed by atoms with Crippen LogP contribution < -0.4 is 15.4 Å². The molecule has 5 nitrogen and oxygen atoms in total. The standard InChI is InChI=1S/C22H18Cl2N2O3/c1-14-11-17(8-9-19(14)26-22(28)15-5-3-2-4-6-15)25-21(27)13-29-20-10-7-16(23)12-18(20)24/h2-12H,13H2,1H3,(H,25,27)(H,26,28). The molecule has 0 aliphatic carbocycles. The van der Waals surface area contributed by atoms with E-state index in [9.17, 15) is 9.59 Å². The van der Waals surface area contributed by atoms with Crippen LogP contribution in [0.5, 0.6) is 5.75 Å². The van der Waals surface area contributed by atoms with Crippen LogP contribution in [0.2, 0.25) is 10.0 Å². The number of aryl methyl sites for hydroxylation is 1. The predicted molar refractivity (Wildman–Crippen MR) is 116 cm³/mol. The van der Waals surface area contributed by atoms with E-state index in [1.54, 1.807) is 60.7 Å². The first-order valence-corrected chi connectivity index (χ1v) is 9.53. The van der Waals surface area contributed by atoms with E-state index >= 15 is 0 Å². The van der Waals surface area contributed by atoms with Crippen LogP contribution in [0.25, 0.3) is 0 Å². The topological polar surface area (TPSA) is 67.4 Å². The Hall–Kier alpha value is -3.02. The second kappa shape index (κ2) is 9.45. The van der Waals surface area contributed by atoms with Gasteiger partial charge in [0.25, 0.3) is 11.8 Å². The second-order valence-corrected chi connectivity index (χ2v) is 7.11. The van der Waals surface area contributed by atoms with Gasteiger partial charge in [0, 0.05) is 22.0 Å². The Bertz CT molecular complexity index is 1040. The average molecular weight is 429 g/mol. The van der Waals surface area contributed by atoms with Gasteiger partial charge in [-0.2, -0.15) is 0 Å². The number of anilines is 2. The fraction of sp³-hybridized carbons (Fsp3) is 0.0909. The summed E-state index contributed by atoms with van der Waals surface area (Å²) in [7, 11) is 0. The first-order valence-electron chi connectivity index (χ1n) is 8.77. The number of halogens is 2. The molecule has 0 atom stereocenters. The van der Waals surface area contributed by atoms with Gasteiger partial charge >= 0.3 is 0 Å². The minimum absolute atomic E-state index is 0.196. The summed E-state index contributed by atoms with van der Waals surface area (Å²) in [5, 5.41) is 6.43. The van der Waals surface area contributed by atoms with Crippen molar-refractivity contribution >= 4 is 46.4 Å². The highest BCUT2D eigenvalue weighted by Gasteiger charge is 2.10. The fourth-order valence-corrected chi connectivity index (χ4v) is 3.06. The summed E-state index contributed by atoms with van der Waals surface area (Å²) in [5.41, 5.74) is 2.65. The fourth-order valence-electron chi connectivity index (χ4n) is 2.60. The molecule has 0 aromatic heterocycles. The molecule has 0 heterocycles. The maximum atomic E-state index is 12.3. The third-order valence-electron chi connectivity index (χ3n) is 4.05. The molecule has 0 saturated carbocycles. The molecule has 0 saturated heterocycles. The number of benzene rings is 3. The summed E-state index contributed by atoms with van der Waals surface area (Å²) in [6.07, 6.45) is 0. The van der Waals surface area contributed by atoms with Gasteiger partial charge in [-0.1, -0.05) is 41.4 Å². The van der Waals surface area contributed by atoms with Crippen LogP contribution >= 0.6 is 23.2 Å². The van der Waals surface area contributed by atoms with Gasteiger partial charge in [-0.25, -0.2) is 0 Å². The molecule has 29 heavy (non-hydrogen) atoms. The van der Waals surface area contributed by atoms with Crippen molar-refractivity contribution < 1.29 is 14.3 Å². The molecule has 7 heteroatoms. The van der Waals surface area contributed by atoms with E-state index in [1.807, 2.05) is 13.0 Å². The predicted octanol–water partition coefficient (Wildman–Crippen LogP) is 5.57. The van der Waals surface area contributed by atoms with E-state index in [0.717, 1.165) is 5.56 Å². The molecule has 0 bridgehead atoms. The molecule has 148 valence electrons. The van der Waals surface area contributed by atoms with E-state index in [-0.39, 0.29) is 18.4 Å². The molecule has 3 aromatic rings. The van der Waals surface area contributed by atoms with E-state index in [1.165, 1.54) is 0 Å². The third kappa shape index (κ3) is 5.73. The lowest BCUT2D eigenvalue weighted by Crippen LogP contribution is -2.20. The monoisotopic (exact) mass is 428 g/mol. The summed E-state index contributed by atoms with van der Waals surface area (Å²) >= 11 is 11.9. The van der Waals surface area contributed by atoms with Crippen molar-refractivity contribution in [2.45, 2.75) is 6.92 Å². The van der Waals surface area contributed by atoms with Gasteiger partial charge < -0.3 is 15.4 Å². The summed E-state index contributed by atoms with van der Waals surface area (Å²) in [4.78, 5) is 24.4. The molecule has 2 N–H and O–H groups in total. The zero-order valence-corrected chi connectivity index (χ0v) is 17.1. The Kier molecular flexibility index (Phi) is 6.75. The zero-order chi connectivity index (χ0) is 20.8. The van der Waals surface area contributed by atoms with E-state index in [2.05, 4.69) is 10.6 Å². The van der Waals surface area contributed by atoms with Gasteiger partial charge in [-0.3, -0.25) is 9.59 Å². The first-order chi connectivity index (χ1) is 13.9. The Morgan fingerprint density at radius 3 is 2.38 bits per heavy atom. The van der Waals surface area contributed by atoms with Crippen molar-refractivity contribution in [1.82, 2.24) is 0 Å². The number of amides is 2. The van der Waals surface area contributed by atoms with E-state index in [0.29, 0.717) is 32.7 Å². The van der Waals surface area contributed by atoms with Crippen LogP contribution in [-0.2, 0) is 4.79 Å². The lowest BCUT2D eigenvalue weighted by atomic mass is 10.1. The van der Waals surface area contributed by atoms with Crippen LogP contribution in [-0.4, -0.2) is 18.4 Å².